The summed E-state index contributed by atoms with van der Waals surface area (Å²) >= 11 is 4.85. The van der Waals surface area contributed by atoms with Crippen LogP contribution in [0.3, 0.4) is 0 Å². The maximum absolute atomic E-state index is 10.5. The van der Waals surface area contributed by atoms with E-state index in [9.17, 15) is 4.79 Å². The minimum Gasteiger partial charge on any atom is -0.408 e. The lowest BCUT2D eigenvalue weighted by molar-refractivity contribution is 0.206. The molecular weight excluding hydrogens is 166 g/mol. The van der Waals surface area contributed by atoms with Crippen LogP contribution in [0.1, 0.15) is 0 Å². The SMILES string of the molecule is O=C([N]Cl)Oc1ccccc1. The average Bonchev–Trinajstić information content (AvgIpc) is 2.06. The molecule has 1 aromatic carbocycles. The van der Waals surface area contributed by atoms with E-state index in [0.717, 1.165) is 0 Å². The van der Waals surface area contributed by atoms with Crippen LogP contribution in [0, 0.1) is 0 Å². The molecule has 0 aromatic heterocycles. The summed E-state index contributed by atoms with van der Waals surface area (Å²) in [5, 5.41) is 0. The first-order chi connectivity index (χ1) is 5.33. The first-order valence-corrected chi connectivity index (χ1v) is 3.25. The number of hydrogen-bond acceptors (Lipinski definition) is 2. The number of halogens is 1. The fourth-order valence-corrected chi connectivity index (χ4v) is 0.641. The Kier molecular flexibility index (Phi) is 2.74. The van der Waals surface area contributed by atoms with Crippen molar-refractivity contribution < 1.29 is 9.53 Å². The Bertz CT molecular complexity index is 237. The zero-order chi connectivity index (χ0) is 8.10. The van der Waals surface area contributed by atoms with Crippen molar-refractivity contribution in [2.24, 2.45) is 0 Å². The predicted molar refractivity (Wildman–Crippen MR) is 40.5 cm³/mol. The molecule has 0 aliphatic carbocycles. The molecule has 1 radical (unpaired) electrons. The Balaban J connectivity index is 2.58. The summed E-state index contributed by atoms with van der Waals surface area (Å²) in [4.78, 5) is 13.3. The second kappa shape index (κ2) is 3.83. The lowest BCUT2D eigenvalue weighted by Gasteiger charge is -1.97. The van der Waals surface area contributed by atoms with Crippen LogP contribution in [-0.2, 0) is 0 Å². The number of carbonyl (C=O) groups is 1. The van der Waals surface area contributed by atoms with Crippen LogP contribution in [0.25, 0.3) is 0 Å². The van der Waals surface area contributed by atoms with Gasteiger partial charge in [-0.3, -0.25) is 0 Å². The second-order valence-electron chi connectivity index (χ2n) is 1.77. The highest BCUT2D eigenvalue weighted by Crippen LogP contribution is 2.08. The second-order valence-corrected chi connectivity index (χ2v) is 1.93. The summed E-state index contributed by atoms with van der Waals surface area (Å²) in [5.74, 6) is 0.432. The van der Waals surface area contributed by atoms with Gasteiger partial charge in [0.15, 0.2) is 0 Å². The molecule has 1 rings (SSSR count). The van der Waals surface area contributed by atoms with Crippen LogP contribution in [0.4, 0.5) is 4.79 Å². The molecule has 0 aliphatic heterocycles. The van der Waals surface area contributed by atoms with Gasteiger partial charge in [-0.25, -0.2) is 4.79 Å². The van der Waals surface area contributed by atoms with Crippen molar-refractivity contribution in [3.8, 4) is 5.75 Å². The maximum Gasteiger partial charge on any atom is 0.451 e. The maximum atomic E-state index is 10.5. The monoisotopic (exact) mass is 170 g/mol. The quantitative estimate of drug-likeness (QED) is 0.646. The highest BCUT2D eigenvalue weighted by molar-refractivity contribution is 6.20. The molecule has 0 unspecified atom stereocenters. The van der Waals surface area contributed by atoms with Gasteiger partial charge in [0.2, 0.25) is 0 Å². The van der Waals surface area contributed by atoms with E-state index >= 15 is 0 Å². The topological polar surface area (TPSA) is 40.4 Å². The van der Waals surface area contributed by atoms with Crippen LogP contribution in [-0.4, -0.2) is 6.09 Å². The van der Waals surface area contributed by atoms with Gasteiger partial charge in [0, 0.05) is 11.8 Å². The predicted octanol–water partition coefficient (Wildman–Crippen LogP) is 1.94. The number of amides is 1. The fraction of sp³-hybridized carbons (Fsp3) is 0. The Hall–Kier alpha value is -1.22. The molecule has 1 amide bonds. The fourth-order valence-electron chi connectivity index (χ4n) is 0.607. The van der Waals surface area contributed by atoms with E-state index in [4.69, 9.17) is 11.8 Å². The number of rotatable bonds is 1. The highest BCUT2D eigenvalue weighted by atomic mass is 35.5. The van der Waals surface area contributed by atoms with E-state index in [-0.39, 0.29) is 0 Å². The summed E-state index contributed by atoms with van der Waals surface area (Å²) in [5.41, 5.74) is 0. The van der Waals surface area contributed by atoms with Crippen LogP contribution in [0.15, 0.2) is 30.3 Å². The van der Waals surface area contributed by atoms with Crippen molar-refractivity contribution in [3.63, 3.8) is 0 Å². The molecule has 11 heavy (non-hydrogen) atoms. The Labute approximate surface area is 69.0 Å². The molecule has 0 heterocycles. The molecule has 3 nitrogen and oxygen atoms in total. The van der Waals surface area contributed by atoms with Gasteiger partial charge in [-0.15, -0.1) is 4.84 Å². The summed E-state index contributed by atoms with van der Waals surface area (Å²) in [6, 6.07) is 8.59. The van der Waals surface area contributed by atoms with Gasteiger partial charge in [-0.1, -0.05) is 18.2 Å². The van der Waals surface area contributed by atoms with E-state index < -0.39 is 6.09 Å². The molecule has 0 spiro atoms. The van der Waals surface area contributed by atoms with E-state index in [1.807, 2.05) is 6.07 Å². The number of nitrogens with zero attached hydrogens (tertiary/aromatic N) is 1. The summed E-state index contributed by atoms with van der Waals surface area (Å²) < 4.78 is 4.63. The zero-order valence-electron chi connectivity index (χ0n) is 5.53. The van der Waals surface area contributed by atoms with Crippen molar-refractivity contribution in [2.45, 2.75) is 0 Å². The molecule has 0 aliphatic rings. The number of benzene rings is 1. The lowest BCUT2D eigenvalue weighted by Crippen LogP contribution is -2.11. The van der Waals surface area contributed by atoms with Crippen LogP contribution in [0.2, 0.25) is 0 Å². The van der Waals surface area contributed by atoms with Crippen molar-refractivity contribution in [1.29, 1.82) is 0 Å². The number of ether oxygens (including phenoxy) is 1. The zero-order valence-corrected chi connectivity index (χ0v) is 6.28. The minimum atomic E-state index is -0.808. The number of para-hydroxylation sites is 1. The highest BCUT2D eigenvalue weighted by Gasteiger charge is 2.01. The first kappa shape index (κ1) is 7.88. The molecule has 57 valence electrons. The van der Waals surface area contributed by atoms with E-state index in [0.29, 0.717) is 5.75 Å². The van der Waals surface area contributed by atoms with E-state index in [2.05, 4.69) is 9.57 Å². The third-order valence-electron chi connectivity index (χ3n) is 1.02. The molecule has 0 atom stereocenters. The molecule has 0 N–H and O–H groups in total. The lowest BCUT2D eigenvalue weighted by atomic mass is 10.3. The van der Waals surface area contributed by atoms with Gasteiger partial charge in [0.1, 0.15) is 5.75 Å². The Morgan fingerprint density at radius 3 is 2.55 bits per heavy atom. The van der Waals surface area contributed by atoms with Gasteiger partial charge in [0.05, 0.1) is 0 Å². The van der Waals surface area contributed by atoms with Crippen molar-refractivity contribution in [2.75, 3.05) is 0 Å². The number of hydrogen-bond donors (Lipinski definition) is 0. The summed E-state index contributed by atoms with van der Waals surface area (Å²) in [6.45, 7) is 0. The third-order valence-corrected chi connectivity index (χ3v) is 1.16. The van der Waals surface area contributed by atoms with Crippen molar-refractivity contribution >= 4 is 17.9 Å². The summed E-state index contributed by atoms with van der Waals surface area (Å²) in [6.07, 6.45) is -0.808. The standard InChI is InChI=1S/C7H5ClNO2/c8-9-7(10)11-6-4-2-1-3-5-6/h1-5H. The molecule has 1 aromatic rings. The van der Waals surface area contributed by atoms with Crippen LogP contribution < -0.4 is 9.57 Å². The normalized spacial score (nSPS) is 8.82. The van der Waals surface area contributed by atoms with E-state index in [1.165, 1.54) is 0 Å². The molecular formula is C7H5ClNO2. The van der Waals surface area contributed by atoms with Crippen LogP contribution in [0.5, 0.6) is 5.75 Å². The minimum absolute atomic E-state index is 0.432. The first-order valence-electron chi connectivity index (χ1n) is 2.92. The van der Waals surface area contributed by atoms with Crippen molar-refractivity contribution in [3.05, 3.63) is 30.3 Å². The average molecular weight is 171 g/mol. The summed E-state index contributed by atoms with van der Waals surface area (Å²) in [7, 11) is 0. The molecule has 0 bridgehead atoms. The molecule has 0 saturated carbocycles. The Morgan fingerprint density at radius 2 is 2.00 bits per heavy atom. The van der Waals surface area contributed by atoms with Gasteiger partial charge in [-0.05, 0) is 12.1 Å². The Morgan fingerprint density at radius 1 is 1.36 bits per heavy atom. The third kappa shape index (κ3) is 2.47. The van der Waals surface area contributed by atoms with E-state index in [1.54, 1.807) is 24.3 Å². The van der Waals surface area contributed by atoms with Gasteiger partial charge in [-0.2, -0.15) is 0 Å². The van der Waals surface area contributed by atoms with Gasteiger partial charge < -0.3 is 4.74 Å². The number of carbonyl (C=O) groups excluding carboxylic acids is 1. The van der Waals surface area contributed by atoms with Gasteiger partial charge >= 0.3 is 6.09 Å². The largest absolute Gasteiger partial charge is 0.451 e. The molecule has 0 fully saturated rings. The van der Waals surface area contributed by atoms with Crippen LogP contribution >= 0.6 is 11.8 Å². The molecule has 0 saturated heterocycles. The van der Waals surface area contributed by atoms with Gasteiger partial charge in [0.25, 0.3) is 0 Å². The van der Waals surface area contributed by atoms with Crippen molar-refractivity contribution in [1.82, 2.24) is 4.84 Å². The smallest absolute Gasteiger partial charge is 0.408 e. The molecule has 4 heteroatoms.